The average Bonchev–Trinajstić information content (AvgIpc) is 2.54. The third kappa shape index (κ3) is 3.82. The predicted molar refractivity (Wildman–Crippen MR) is 93.5 cm³/mol. The van der Waals surface area contributed by atoms with E-state index in [9.17, 15) is 9.90 Å². The second-order valence-electron chi connectivity index (χ2n) is 6.79. The Kier molecular flexibility index (Phi) is 4.95. The molecule has 4 heteroatoms. The molecule has 1 aliphatic carbocycles. The van der Waals surface area contributed by atoms with Gasteiger partial charge in [0.25, 0.3) is 0 Å². The number of aromatic nitrogens is 1. The Hall–Kier alpha value is -2.20. The number of amides is 1. The number of carbonyl (C=O) groups is 1. The first-order valence-electron chi connectivity index (χ1n) is 8.47. The lowest BCUT2D eigenvalue weighted by atomic mass is 9.76. The van der Waals surface area contributed by atoms with Crippen molar-refractivity contribution in [3.05, 3.63) is 65.0 Å². The van der Waals surface area contributed by atoms with Crippen molar-refractivity contribution in [1.29, 1.82) is 0 Å². The minimum Gasteiger partial charge on any atom is -0.393 e. The van der Waals surface area contributed by atoms with Gasteiger partial charge >= 0.3 is 0 Å². The second kappa shape index (κ2) is 7.14. The largest absolute Gasteiger partial charge is 0.393 e. The van der Waals surface area contributed by atoms with Crippen molar-refractivity contribution >= 4 is 5.91 Å². The summed E-state index contributed by atoms with van der Waals surface area (Å²) in [4.78, 5) is 17.0. The number of hydrogen-bond acceptors (Lipinski definition) is 3. The summed E-state index contributed by atoms with van der Waals surface area (Å²) in [6, 6.07) is 11.8. The topological polar surface area (TPSA) is 62.2 Å². The zero-order valence-corrected chi connectivity index (χ0v) is 14.2. The summed E-state index contributed by atoms with van der Waals surface area (Å²) in [6.07, 6.45) is 3.29. The molecule has 1 atom stereocenters. The number of aliphatic hydroxyl groups excluding tert-OH is 1. The highest BCUT2D eigenvalue weighted by Gasteiger charge is 2.36. The molecule has 1 aromatic heterocycles. The van der Waals surface area contributed by atoms with Crippen molar-refractivity contribution in [1.82, 2.24) is 10.3 Å². The first-order chi connectivity index (χ1) is 11.5. The number of pyridine rings is 1. The molecule has 0 radical (unpaired) electrons. The molecule has 1 fully saturated rings. The fourth-order valence-corrected chi connectivity index (χ4v) is 3.28. The molecule has 1 unspecified atom stereocenters. The van der Waals surface area contributed by atoms with Gasteiger partial charge in [0.2, 0.25) is 5.91 Å². The molecule has 4 nitrogen and oxygen atoms in total. The fraction of sp³-hybridized carbons (Fsp3) is 0.400. The van der Waals surface area contributed by atoms with Gasteiger partial charge in [0.1, 0.15) is 0 Å². The van der Waals surface area contributed by atoms with Gasteiger partial charge in [-0.3, -0.25) is 9.78 Å². The van der Waals surface area contributed by atoms with Crippen LogP contribution in [0.2, 0.25) is 0 Å². The van der Waals surface area contributed by atoms with Gasteiger partial charge in [0.15, 0.2) is 0 Å². The van der Waals surface area contributed by atoms with E-state index in [4.69, 9.17) is 0 Å². The molecule has 0 bridgehead atoms. The van der Waals surface area contributed by atoms with Gasteiger partial charge in [-0.2, -0.15) is 0 Å². The number of nitrogens with one attached hydrogen (secondary N) is 1. The summed E-state index contributed by atoms with van der Waals surface area (Å²) in [5, 5.41) is 12.8. The maximum Gasteiger partial charge on any atom is 0.224 e. The van der Waals surface area contributed by atoms with Gasteiger partial charge in [0.05, 0.1) is 24.3 Å². The van der Waals surface area contributed by atoms with E-state index in [2.05, 4.69) is 28.5 Å². The Labute approximate surface area is 142 Å². The van der Waals surface area contributed by atoms with E-state index < -0.39 is 0 Å². The van der Waals surface area contributed by atoms with Gasteiger partial charge in [-0.1, -0.05) is 29.8 Å². The molecule has 1 heterocycles. The normalized spacial score (nSPS) is 21.0. The van der Waals surface area contributed by atoms with Crippen molar-refractivity contribution in [2.45, 2.75) is 45.3 Å². The summed E-state index contributed by atoms with van der Waals surface area (Å²) in [7, 11) is 0. The minimum atomic E-state index is -0.253. The highest BCUT2D eigenvalue weighted by atomic mass is 16.3. The van der Waals surface area contributed by atoms with Crippen LogP contribution in [0.15, 0.2) is 42.6 Å². The van der Waals surface area contributed by atoms with Crippen molar-refractivity contribution in [3.8, 4) is 0 Å². The van der Waals surface area contributed by atoms with Crippen LogP contribution in [0.25, 0.3) is 0 Å². The lowest BCUT2D eigenvalue weighted by Gasteiger charge is -2.37. The van der Waals surface area contributed by atoms with Crippen LogP contribution in [0.5, 0.6) is 0 Å². The van der Waals surface area contributed by atoms with Crippen LogP contribution in [0.3, 0.4) is 0 Å². The van der Waals surface area contributed by atoms with Crippen molar-refractivity contribution < 1.29 is 9.90 Å². The number of hydrogen-bond donors (Lipinski definition) is 2. The van der Waals surface area contributed by atoms with Crippen LogP contribution >= 0.6 is 0 Å². The molecule has 0 aliphatic heterocycles. The Morgan fingerprint density at radius 3 is 2.75 bits per heavy atom. The molecule has 3 rings (SSSR count). The smallest absolute Gasteiger partial charge is 0.224 e. The van der Waals surface area contributed by atoms with E-state index >= 15 is 0 Å². The third-order valence-corrected chi connectivity index (χ3v) is 4.80. The van der Waals surface area contributed by atoms with Crippen LogP contribution in [-0.2, 0) is 11.2 Å². The highest BCUT2D eigenvalue weighted by molar-refractivity contribution is 5.79. The van der Waals surface area contributed by atoms with Crippen LogP contribution in [0.1, 0.15) is 41.3 Å². The predicted octanol–water partition coefficient (Wildman–Crippen LogP) is 2.87. The van der Waals surface area contributed by atoms with Crippen molar-refractivity contribution in [2.24, 2.45) is 5.92 Å². The Bertz CT molecular complexity index is 709. The molecule has 1 amide bonds. The number of carbonyl (C=O) groups excluding carboxylic acids is 1. The molecule has 2 N–H and O–H groups in total. The van der Waals surface area contributed by atoms with E-state index in [0.29, 0.717) is 19.3 Å². The Morgan fingerprint density at radius 2 is 2.08 bits per heavy atom. The highest BCUT2D eigenvalue weighted by Crippen LogP contribution is 2.37. The number of nitrogens with zero attached hydrogens (tertiary/aromatic N) is 1. The van der Waals surface area contributed by atoms with Gasteiger partial charge in [-0.25, -0.2) is 0 Å². The molecule has 1 aromatic carbocycles. The second-order valence-corrected chi connectivity index (χ2v) is 6.79. The van der Waals surface area contributed by atoms with Crippen LogP contribution in [0, 0.1) is 19.8 Å². The van der Waals surface area contributed by atoms with Gasteiger partial charge in [-0.05, 0) is 55.9 Å². The van der Waals surface area contributed by atoms with E-state index in [1.54, 1.807) is 6.20 Å². The Morgan fingerprint density at radius 1 is 1.29 bits per heavy atom. The fourth-order valence-electron chi connectivity index (χ4n) is 3.28. The van der Waals surface area contributed by atoms with E-state index in [1.165, 1.54) is 0 Å². The minimum absolute atomic E-state index is 0.000688. The first kappa shape index (κ1) is 16.7. The zero-order chi connectivity index (χ0) is 17.1. The molecule has 0 spiro atoms. The molecular weight excluding hydrogens is 300 g/mol. The maximum absolute atomic E-state index is 12.6. The monoisotopic (exact) mass is 324 g/mol. The average molecular weight is 324 g/mol. The third-order valence-electron chi connectivity index (χ3n) is 4.80. The first-order valence-corrected chi connectivity index (χ1v) is 8.47. The van der Waals surface area contributed by atoms with Gasteiger partial charge < -0.3 is 10.4 Å². The summed E-state index contributed by atoms with van der Waals surface area (Å²) in [5.74, 6) is 0.248. The quantitative estimate of drug-likeness (QED) is 0.889. The lowest BCUT2D eigenvalue weighted by Crippen LogP contribution is -2.42. The maximum atomic E-state index is 12.6. The summed E-state index contributed by atoms with van der Waals surface area (Å²) < 4.78 is 0. The zero-order valence-electron chi connectivity index (χ0n) is 14.2. The number of benzene rings is 1. The lowest BCUT2D eigenvalue weighted by molar-refractivity contribution is -0.122. The van der Waals surface area contributed by atoms with Gasteiger partial charge in [-0.15, -0.1) is 0 Å². The van der Waals surface area contributed by atoms with E-state index in [0.717, 1.165) is 22.4 Å². The Balaban J connectivity index is 1.72. The summed E-state index contributed by atoms with van der Waals surface area (Å²) >= 11 is 0. The standard InChI is InChI=1S/C20H24N2O2/c1-13-6-7-14(2)15(9-13)12-19(24)22-20(16-10-17(23)11-16)18-5-3-4-8-21-18/h3-9,16-17,20,23H,10-12H2,1-2H3,(H,22,24). The number of aliphatic hydroxyl groups is 1. The molecule has 1 aliphatic rings. The molecule has 2 aromatic rings. The van der Waals surface area contributed by atoms with Crippen molar-refractivity contribution in [3.63, 3.8) is 0 Å². The molecule has 126 valence electrons. The summed E-state index contributed by atoms with van der Waals surface area (Å²) in [6.45, 7) is 4.06. The van der Waals surface area contributed by atoms with Gasteiger partial charge in [0, 0.05) is 6.20 Å². The number of rotatable bonds is 5. The van der Waals surface area contributed by atoms with Crippen LogP contribution < -0.4 is 5.32 Å². The molecule has 24 heavy (non-hydrogen) atoms. The molecular formula is C20H24N2O2. The summed E-state index contributed by atoms with van der Waals surface area (Å²) in [5.41, 5.74) is 4.21. The van der Waals surface area contributed by atoms with Crippen LogP contribution in [0.4, 0.5) is 0 Å². The molecule has 1 saturated carbocycles. The molecule has 0 saturated heterocycles. The van der Waals surface area contributed by atoms with E-state index in [-0.39, 0.29) is 24.0 Å². The van der Waals surface area contributed by atoms with Crippen LogP contribution in [-0.4, -0.2) is 22.1 Å². The SMILES string of the molecule is Cc1ccc(C)c(CC(=O)NC(c2ccccn2)C2CC(O)C2)c1. The van der Waals surface area contributed by atoms with E-state index in [1.807, 2.05) is 32.0 Å². The van der Waals surface area contributed by atoms with Crippen molar-refractivity contribution in [2.75, 3.05) is 0 Å². The number of aryl methyl sites for hydroxylation is 2.